The summed E-state index contributed by atoms with van der Waals surface area (Å²) in [6, 6.07) is 6.74. The lowest BCUT2D eigenvalue weighted by molar-refractivity contribution is -0.138. The molecule has 1 aromatic heterocycles. The molecule has 26 heavy (non-hydrogen) atoms. The maximum Gasteiger partial charge on any atom is 0.420 e. The predicted octanol–water partition coefficient (Wildman–Crippen LogP) is 6.84. The van der Waals surface area contributed by atoms with Crippen LogP contribution in [0.1, 0.15) is 24.0 Å². The first-order valence-corrected chi connectivity index (χ1v) is 8.96. The average molecular weight is 425 g/mol. The zero-order valence-corrected chi connectivity index (χ0v) is 15.1. The van der Waals surface area contributed by atoms with Crippen molar-refractivity contribution in [1.29, 1.82) is 0 Å². The Morgan fingerprint density at radius 3 is 2.65 bits per heavy atom. The Morgan fingerprint density at radius 2 is 1.96 bits per heavy atom. The van der Waals surface area contributed by atoms with Gasteiger partial charge >= 0.3 is 6.18 Å². The van der Waals surface area contributed by atoms with Crippen molar-refractivity contribution in [2.24, 2.45) is 5.92 Å². The third-order valence-electron chi connectivity index (χ3n) is 4.49. The smallest absolute Gasteiger partial charge is 0.420 e. The molecule has 0 aliphatic heterocycles. The van der Waals surface area contributed by atoms with Crippen molar-refractivity contribution >= 4 is 26.8 Å². The van der Waals surface area contributed by atoms with Crippen molar-refractivity contribution in [3.8, 4) is 17.2 Å². The van der Waals surface area contributed by atoms with E-state index in [-0.39, 0.29) is 4.47 Å². The molecule has 0 saturated heterocycles. The van der Waals surface area contributed by atoms with Crippen LogP contribution >= 0.6 is 15.9 Å². The third-order valence-corrected chi connectivity index (χ3v) is 5.08. The fourth-order valence-corrected chi connectivity index (χ4v) is 3.54. The van der Waals surface area contributed by atoms with Gasteiger partial charge in [-0.2, -0.15) is 13.2 Å². The normalized spacial score (nSPS) is 14.8. The third kappa shape index (κ3) is 3.40. The van der Waals surface area contributed by atoms with E-state index in [2.05, 4.69) is 20.9 Å². The van der Waals surface area contributed by atoms with Crippen LogP contribution in [0.25, 0.3) is 10.9 Å². The second kappa shape index (κ2) is 6.23. The number of alkyl halides is 3. The first-order valence-electron chi connectivity index (χ1n) is 8.17. The summed E-state index contributed by atoms with van der Waals surface area (Å²) < 4.78 is 45.4. The van der Waals surface area contributed by atoms with Crippen molar-refractivity contribution < 1.29 is 23.0 Å². The Hall–Kier alpha value is -2.15. The summed E-state index contributed by atoms with van der Waals surface area (Å²) >= 11 is 3.01. The van der Waals surface area contributed by atoms with Crippen molar-refractivity contribution in [2.75, 3.05) is 0 Å². The molecule has 135 valence electrons. The van der Waals surface area contributed by atoms with Crippen LogP contribution in [0, 0.1) is 5.92 Å². The zero-order valence-electron chi connectivity index (χ0n) is 13.5. The second-order valence-corrected chi connectivity index (χ2v) is 7.40. The molecule has 0 spiro atoms. The van der Waals surface area contributed by atoms with Crippen LogP contribution in [0.4, 0.5) is 13.2 Å². The number of fused-ring (bicyclic) bond motifs is 1. The van der Waals surface area contributed by atoms with E-state index in [1.54, 1.807) is 18.2 Å². The summed E-state index contributed by atoms with van der Waals surface area (Å²) in [5.41, 5.74) is 0.959. The van der Waals surface area contributed by atoms with Crippen LogP contribution in [-0.4, -0.2) is 4.98 Å². The number of ether oxygens (including phenoxy) is 1. The average Bonchev–Trinajstić information content (AvgIpc) is 3.29. The van der Waals surface area contributed by atoms with E-state index in [0.717, 1.165) is 29.0 Å². The number of hydrogen-bond donors (Lipinski definition) is 1. The number of H-pyrrole nitrogens is 1. The van der Waals surface area contributed by atoms with Gasteiger partial charge in [0.2, 0.25) is 0 Å². The highest BCUT2D eigenvalue weighted by molar-refractivity contribution is 9.10. The van der Waals surface area contributed by atoms with E-state index in [0.29, 0.717) is 17.7 Å². The number of nitrogens with one attached hydrogen (secondary N) is 1. The SMILES string of the molecule is [O]c1cc(Br)c(Oc2ccc3[nH]cc(CC4CC4)c3c2)c(C(F)(F)F)c1. The highest BCUT2D eigenvalue weighted by atomic mass is 79.9. The molecule has 1 N–H and O–H groups in total. The van der Waals surface area contributed by atoms with E-state index < -0.39 is 23.2 Å². The molecular weight excluding hydrogens is 411 g/mol. The lowest BCUT2D eigenvalue weighted by Gasteiger charge is -2.15. The molecular formula is C19H14BrF3NO2. The monoisotopic (exact) mass is 424 g/mol. The summed E-state index contributed by atoms with van der Waals surface area (Å²) in [4.78, 5) is 3.18. The van der Waals surface area contributed by atoms with E-state index in [1.165, 1.54) is 12.8 Å². The molecule has 0 atom stereocenters. The van der Waals surface area contributed by atoms with Gasteiger partial charge in [-0.1, -0.05) is 0 Å². The summed E-state index contributed by atoms with van der Waals surface area (Å²) in [5, 5.41) is 12.4. The van der Waals surface area contributed by atoms with E-state index in [1.807, 2.05) is 6.20 Å². The fraction of sp³-hybridized carbons (Fsp3) is 0.263. The molecule has 3 nitrogen and oxygen atoms in total. The fourth-order valence-electron chi connectivity index (χ4n) is 3.02. The number of aromatic nitrogens is 1. The van der Waals surface area contributed by atoms with Gasteiger partial charge in [0.1, 0.15) is 11.3 Å². The Kier molecular flexibility index (Phi) is 4.14. The molecule has 2 aromatic carbocycles. The van der Waals surface area contributed by atoms with Crippen LogP contribution in [0.5, 0.6) is 17.2 Å². The molecule has 0 amide bonds. The van der Waals surface area contributed by atoms with Gasteiger partial charge in [-0.3, -0.25) is 5.11 Å². The number of rotatable bonds is 4. The lowest BCUT2D eigenvalue weighted by atomic mass is 10.1. The van der Waals surface area contributed by atoms with E-state index in [4.69, 9.17) is 4.74 Å². The molecule has 7 heteroatoms. The molecule has 1 heterocycles. The largest absolute Gasteiger partial charge is 0.456 e. The van der Waals surface area contributed by atoms with Crippen LogP contribution in [-0.2, 0) is 17.7 Å². The molecule has 1 saturated carbocycles. The molecule has 3 aromatic rings. The minimum Gasteiger partial charge on any atom is -0.456 e. The van der Waals surface area contributed by atoms with Gasteiger partial charge in [-0.15, -0.1) is 0 Å². The molecule has 1 fully saturated rings. The quantitative estimate of drug-likeness (QED) is 0.489. The summed E-state index contributed by atoms with van der Waals surface area (Å²) in [6.07, 6.45) is 0.633. The van der Waals surface area contributed by atoms with Crippen molar-refractivity contribution in [3.05, 3.63) is 52.1 Å². The first-order chi connectivity index (χ1) is 12.3. The van der Waals surface area contributed by atoms with E-state index in [9.17, 15) is 18.3 Å². The minimum atomic E-state index is -4.69. The van der Waals surface area contributed by atoms with Gasteiger partial charge in [0.05, 0.1) is 4.47 Å². The van der Waals surface area contributed by atoms with Crippen LogP contribution in [0.2, 0.25) is 0 Å². The number of halogens is 4. The summed E-state index contributed by atoms with van der Waals surface area (Å²) in [6.45, 7) is 0. The molecule has 4 rings (SSSR count). The minimum absolute atomic E-state index is 0.0234. The zero-order chi connectivity index (χ0) is 18.5. The maximum absolute atomic E-state index is 13.3. The van der Waals surface area contributed by atoms with Gasteiger partial charge in [-0.25, -0.2) is 0 Å². The van der Waals surface area contributed by atoms with Crippen LogP contribution < -0.4 is 4.74 Å². The molecule has 1 radical (unpaired) electrons. The van der Waals surface area contributed by atoms with Gasteiger partial charge in [0, 0.05) is 29.2 Å². The Labute approximate surface area is 155 Å². The Morgan fingerprint density at radius 1 is 1.19 bits per heavy atom. The predicted molar refractivity (Wildman–Crippen MR) is 94.1 cm³/mol. The maximum atomic E-state index is 13.3. The summed E-state index contributed by atoms with van der Waals surface area (Å²) in [7, 11) is 0. The second-order valence-electron chi connectivity index (χ2n) is 6.55. The van der Waals surface area contributed by atoms with Crippen molar-refractivity contribution in [2.45, 2.75) is 25.4 Å². The number of benzene rings is 2. The molecule has 1 aliphatic carbocycles. The lowest BCUT2D eigenvalue weighted by Crippen LogP contribution is -2.07. The molecule has 0 bridgehead atoms. The van der Waals surface area contributed by atoms with Crippen molar-refractivity contribution in [1.82, 2.24) is 4.98 Å². The van der Waals surface area contributed by atoms with Crippen LogP contribution in [0.3, 0.4) is 0 Å². The van der Waals surface area contributed by atoms with E-state index >= 15 is 0 Å². The number of hydrogen-bond acceptors (Lipinski definition) is 1. The topological polar surface area (TPSA) is 44.9 Å². The Bertz CT molecular complexity index is 977. The number of aromatic amines is 1. The van der Waals surface area contributed by atoms with Gasteiger partial charge in [-0.05, 0) is 64.9 Å². The van der Waals surface area contributed by atoms with Gasteiger partial charge in [0.25, 0.3) is 0 Å². The highest BCUT2D eigenvalue weighted by Crippen LogP contribution is 2.45. The van der Waals surface area contributed by atoms with Crippen LogP contribution in [0.15, 0.2) is 41.0 Å². The van der Waals surface area contributed by atoms with Gasteiger partial charge in [0.15, 0.2) is 11.5 Å². The van der Waals surface area contributed by atoms with Gasteiger partial charge < -0.3 is 9.72 Å². The van der Waals surface area contributed by atoms with Crippen molar-refractivity contribution in [3.63, 3.8) is 0 Å². The molecule has 0 unspecified atom stereocenters. The Balaban J connectivity index is 1.73. The summed E-state index contributed by atoms with van der Waals surface area (Å²) in [5.74, 6) is -0.159. The standard InChI is InChI=1S/C19H14BrF3NO2/c20-16-7-12(25)6-15(19(21,22)23)18(16)26-13-3-4-17-14(8-13)11(9-24-17)5-10-1-2-10/h3-4,6-10,24H,1-2,5H2. The highest BCUT2D eigenvalue weighted by Gasteiger charge is 2.36. The first kappa shape index (κ1) is 17.3. The molecule has 1 aliphatic rings.